The zero-order valence-corrected chi connectivity index (χ0v) is 22.9. The lowest BCUT2D eigenvalue weighted by Gasteiger charge is -2.68. The maximum atomic E-state index is 4.76. The van der Waals surface area contributed by atoms with Crippen LogP contribution < -0.4 is 0 Å². The van der Waals surface area contributed by atoms with Crippen molar-refractivity contribution < 1.29 is 0 Å². The third kappa shape index (κ3) is 1.96. The van der Waals surface area contributed by atoms with Gasteiger partial charge in [0.25, 0.3) is 0 Å². The molecule has 1 heteroatoms. The minimum absolute atomic E-state index is 0.696. The van der Waals surface area contributed by atoms with Crippen LogP contribution in [0.1, 0.15) is 79.9 Å². The fraction of sp³-hybridized carbons (Fsp3) is 0.526. The first-order valence-electron chi connectivity index (χ1n) is 16.3. The number of fused-ring (bicyclic) bond motifs is 11. The second kappa shape index (κ2) is 6.05. The lowest BCUT2D eigenvalue weighted by atomic mass is 9.36. The molecule has 0 saturated heterocycles. The number of hydrogen-bond acceptors (Lipinski definition) is 0. The molecule has 1 aromatic heterocycles. The van der Waals surface area contributed by atoms with Crippen LogP contribution in [0.15, 0.2) is 65.8 Å². The van der Waals surface area contributed by atoms with E-state index in [1.54, 1.807) is 22.3 Å². The molecule has 1 aliphatic heterocycles. The molecule has 0 amide bonds. The molecule has 10 atom stereocenters. The van der Waals surface area contributed by atoms with Gasteiger partial charge in [-0.3, -0.25) is 0 Å². The third-order valence-corrected chi connectivity index (χ3v) is 15.3. The molecule has 10 unspecified atom stereocenters. The van der Waals surface area contributed by atoms with Crippen molar-refractivity contribution in [2.45, 2.75) is 76.2 Å². The molecular formula is C38H37N. The van der Waals surface area contributed by atoms with E-state index in [-0.39, 0.29) is 0 Å². The molecular weight excluding hydrogens is 470 g/mol. The lowest BCUT2D eigenvalue weighted by Crippen LogP contribution is -2.61. The van der Waals surface area contributed by atoms with E-state index in [1.165, 1.54) is 84.3 Å². The SMILES string of the molecule is C=C1C=C2/C(=C\Cc3cccc4c5cc6c(cc5n(c34)C1)C1CC3CC4CC6CC431)C1CC3CC4CC2C34C1. The molecule has 2 aromatic carbocycles. The van der Waals surface area contributed by atoms with Gasteiger partial charge >= 0.3 is 0 Å². The van der Waals surface area contributed by atoms with Gasteiger partial charge in [0.2, 0.25) is 0 Å². The molecule has 12 rings (SSSR count). The van der Waals surface area contributed by atoms with Crippen LogP contribution in [0.2, 0.25) is 0 Å². The molecule has 1 nitrogen and oxygen atoms in total. The predicted octanol–water partition coefficient (Wildman–Crippen LogP) is 8.83. The Hall–Kier alpha value is -2.54. The van der Waals surface area contributed by atoms with Crippen molar-refractivity contribution in [3.63, 3.8) is 0 Å². The van der Waals surface area contributed by atoms with Crippen molar-refractivity contribution in [1.29, 1.82) is 0 Å². The Morgan fingerprint density at radius 1 is 0.744 bits per heavy atom. The zero-order valence-electron chi connectivity index (χ0n) is 22.9. The summed E-state index contributed by atoms with van der Waals surface area (Å²) in [5.74, 6) is 7.44. The number of aromatic nitrogens is 1. The van der Waals surface area contributed by atoms with Gasteiger partial charge in [-0.15, -0.1) is 0 Å². The Labute approximate surface area is 231 Å². The lowest BCUT2D eigenvalue weighted by molar-refractivity contribution is -0.166. The molecule has 2 spiro atoms. The topological polar surface area (TPSA) is 4.93 Å². The van der Waals surface area contributed by atoms with Gasteiger partial charge in [-0.05, 0) is 162 Å². The number of nitrogens with zero attached hydrogens (tertiary/aromatic N) is 1. The van der Waals surface area contributed by atoms with Gasteiger partial charge in [0, 0.05) is 22.8 Å². The number of hydrogen-bond donors (Lipinski definition) is 0. The maximum Gasteiger partial charge on any atom is 0.0530 e. The van der Waals surface area contributed by atoms with Gasteiger partial charge < -0.3 is 4.57 Å². The van der Waals surface area contributed by atoms with Crippen molar-refractivity contribution in [3.8, 4) is 0 Å². The van der Waals surface area contributed by atoms with Crippen LogP contribution in [0.4, 0.5) is 0 Å². The maximum absolute atomic E-state index is 4.76. The van der Waals surface area contributed by atoms with Crippen molar-refractivity contribution >= 4 is 21.8 Å². The molecule has 4 bridgehead atoms. The second-order valence-corrected chi connectivity index (χ2v) is 15.9. The van der Waals surface area contributed by atoms with Crippen LogP contribution in [0.25, 0.3) is 21.8 Å². The van der Waals surface area contributed by atoms with E-state index in [4.69, 9.17) is 6.58 Å². The molecule has 3 aromatic rings. The predicted molar refractivity (Wildman–Crippen MR) is 157 cm³/mol. The Bertz CT molecular complexity index is 1810. The molecule has 2 heterocycles. The highest BCUT2D eigenvalue weighted by molar-refractivity contribution is 6.10. The van der Waals surface area contributed by atoms with Gasteiger partial charge in [0.1, 0.15) is 0 Å². The van der Waals surface area contributed by atoms with Crippen LogP contribution >= 0.6 is 0 Å². The summed E-state index contributed by atoms with van der Waals surface area (Å²) in [5, 5.41) is 3.00. The minimum atomic E-state index is 0.696. The summed E-state index contributed by atoms with van der Waals surface area (Å²) >= 11 is 0. The summed E-state index contributed by atoms with van der Waals surface area (Å²) in [5.41, 5.74) is 14.2. The number of allylic oxidation sites excluding steroid dienone is 5. The summed E-state index contributed by atoms with van der Waals surface area (Å²) in [4.78, 5) is 0. The number of benzene rings is 2. The Morgan fingerprint density at radius 2 is 1.51 bits per heavy atom. The normalized spacial score (nSPS) is 47.8. The molecule has 0 N–H and O–H groups in total. The monoisotopic (exact) mass is 507 g/mol. The zero-order chi connectivity index (χ0) is 25.0. The molecule has 8 aliphatic carbocycles. The largest absolute Gasteiger partial charge is 0.336 e. The standard InChI is InChI=1S/C38H37N/c1-19-7-30-27(21-8-23-10-25-12-33(30)37(23,25)16-21)6-5-20-3-2-4-28-32-14-29-22-9-24-11-26-13-34(38(24,26)17-22)31(29)15-35(32)39(18-19)36(20)28/h2-4,6-7,14-15,21-26,33-34H,1,5,8-13,16-18H2/b27-6-,30-7?. The van der Waals surface area contributed by atoms with Crippen molar-refractivity contribution in [3.05, 3.63) is 82.5 Å². The van der Waals surface area contributed by atoms with Gasteiger partial charge in [-0.25, -0.2) is 0 Å². The van der Waals surface area contributed by atoms with E-state index in [0.717, 1.165) is 60.3 Å². The molecule has 7 saturated carbocycles. The van der Waals surface area contributed by atoms with Crippen LogP contribution in [-0.2, 0) is 13.0 Å². The summed E-state index contributed by atoms with van der Waals surface area (Å²) < 4.78 is 2.70. The molecule has 7 fully saturated rings. The number of para-hydroxylation sites is 1. The van der Waals surface area contributed by atoms with E-state index in [2.05, 4.69) is 47.1 Å². The summed E-state index contributed by atoms with van der Waals surface area (Å²) in [7, 11) is 0. The van der Waals surface area contributed by atoms with Crippen LogP contribution in [-0.4, -0.2) is 4.57 Å². The van der Waals surface area contributed by atoms with Crippen LogP contribution in [0, 0.1) is 46.3 Å². The first-order valence-corrected chi connectivity index (χ1v) is 16.3. The Balaban J connectivity index is 1.08. The van der Waals surface area contributed by atoms with Gasteiger partial charge in [0.05, 0.1) is 5.52 Å². The van der Waals surface area contributed by atoms with E-state index in [1.807, 2.05) is 0 Å². The highest BCUT2D eigenvalue weighted by atomic mass is 15.0. The van der Waals surface area contributed by atoms with E-state index >= 15 is 0 Å². The van der Waals surface area contributed by atoms with E-state index in [0.29, 0.717) is 10.8 Å². The fourth-order valence-electron chi connectivity index (χ4n) is 13.8. The summed E-state index contributed by atoms with van der Waals surface area (Å²) in [6.07, 6.45) is 18.3. The van der Waals surface area contributed by atoms with Crippen LogP contribution in [0.3, 0.4) is 0 Å². The molecule has 39 heavy (non-hydrogen) atoms. The molecule has 0 radical (unpaired) electrons. The fourth-order valence-corrected chi connectivity index (χ4v) is 13.8. The smallest absolute Gasteiger partial charge is 0.0530 e. The van der Waals surface area contributed by atoms with Crippen molar-refractivity contribution in [1.82, 2.24) is 4.57 Å². The average molecular weight is 508 g/mol. The Kier molecular flexibility index (Phi) is 3.15. The molecule has 194 valence electrons. The first kappa shape index (κ1) is 20.4. The first-order chi connectivity index (χ1) is 19.1. The highest BCUT2D eigenvalue weighted by Crippen LogP contribution is 2.82. The van der Waals surface area contributed by atoms with E-state index < -0.39 is 0 Å². The summed E-state index contributed by atoms with van der Waals surface area (Å²) in [6.45, 7) is 5.70. The highest BCUT2D eigenvalue weighted by Gasteiger charge is 2.73. The van der Waals surface area contributed by atoms with Crippen LogP contribution in [0.5, 0.6) is 0 Å². The van der Waals surface area contributed by atoms with Gasteiger partial charge in [-0.2, -0.15) is 0 Å². The van der Waals surface area contributed by atoms with Gasteiger partial charge in [0.15, 0.2) is 0 Å². The van der Waals surface area contributed by atoms with E-state index in [9.17, 15) is 0 Å². The summed E-state index contributed by atoms with van der Waals surface area (Å²) in [6, 6.07) is 12.6. The molecule has 9 aliphatic rings. The second-order valence-electron chi connectivity index (χ2n) is 15.9. The average Bonchev–Trinajstić information content (AvgIpc) is 3.58. The quantitative estimate of drug-likeness (QED) is 0.286. The minimum Gasteiger partial charge on any atom is -0.336 e. The Morgan fingerprint density at radius 3 is 2.38 bits per heavy atom. The van der Waals surface area contributed by atoms with Crippen molar-refractivity contribution in [2.24, 2.45) is 46.3 Å². The van der Waals surface area contributed by atoms with Gasteiger partial charge in [-0.1, -0.05) is 36.9 Å². The number of rotatable bonds is 0. The third-order valence-electron chi connectivity index (χ3n) is 15.3. The van der Waals surface area contributed by atoms with Crippen molar-refractivity contribution in [2.75, 3.05) is 0 Å².